The van der Waals surface area contributed by atoms with Gasteiger partial charge in [-0.15, -0.1) is 0 Å². The summed E-state index contributed by atoms with van der Waals surface area (Å²) in [6.45, 7) is 2.95. The van der Waals surface area contributed by atoms with Crippen LogP contribution in [0.4, 0.5) is 22.1 Å². The first-order chi connectivity index (χ1) is 16.5. The number of nitrogens with zero attached hydrogens (tertiary/aromatic N) is 6. The molecule has 2 atom stereocenters. The van der Waals surface area contributed by atoms with Gasteiger partial charge in [0.15, 0.2) is 11.6 Å². The minimum Gasteiger partial charge on any atom is -0.474 e. The first-order valence-corrected chi connectivity index (χ1v) is 11.0. The number of pyridine rings is 2. The summed E-state index contributed by atoms with van der Waals surface area (Å²) < 4.78 is 5.33. The van der Waals surface area contributed by atoms with E-state index in [2.05, 4.69) is 25.2 Å². The summed E-state index contributed by atoms with van der Waals surface area (Å²) in [4.78, 5) is 34.8. The first-order valence-electron chi connectivity index (χ1n) is 11.0. The highest BCUT2D eigenvalue weighted by Gasteiger charge is 2.40. The third-order valence-electron chi connectivity index (χ3n) is 5.86. The van der Waals surface area contributed by atoms with E-state index in [-0.39, 0.29) is 30.4 Å². The van der Waals surface area contributed by atoms with Gasteiger partial charge >= 0.3 is 6.03 Å². The lowest BCUT2D eigenvalue weighted by atomic mass is 10.1. The maximum atomic E-state index is 13.4. The van der Waals surface area contributed by atoms with Crippen LogP contribution in [0.25, 0.3) is 11.3 Å². The molecule has 2 aliphatic rings. The van der Waals surface area contributed by atoms with Crippen LogP contribution in [-0.2, 0) is 0 Å². The average molecular weight is 463 g/mol. The van der Waals surface area contributed by atoms with E-state index in [1.54, 1.807) is 11.1 Å². The van der Waals surface area contributed by atoms with Crippen LogP contribution in [0.3, 0.4) is 0 Å². The molecule has 3 N–H and O–H groups in total. The summed E-state index contributed by atoms with van der Waals surface area (Å²) in [6, 6.07) is 7.47. The van der Waals surface area contributed by atoms with Gasteiger partial charge in [-0.05, 0) is 37.6 Å². The molecular formula is C23H25N7O4. The Morgan fingerprint density at radius 2 is 2.12 bits per heavy atom. The molecule has 5 heterocycles. The fourth-order valence-electron chi connectivity index (χ4n) is 4.13. The standard InChI is InChI=1S/C23H25N7O4/c1-14-2-3-15(8-25-14)18-4-5-19-22(26-18)30(16-6-7-29(19)11-16)23(33)28-20-9-24-10-21(27-20)34-13-17(32)12-31/h2-5,8-10,16-17,31-32H,6-7,11-13H2,1H3,(H,27,28,33)/t16-,17+/m0/s1. The first kappa shape index (κ1) is 22.0. The number of anilines is 3. The van der Waals surface area contributed by atoms with Crippen LogP contribution < -0.4 is 19.9 Å². The summed E-state index contributed by atoms with van der Waals surface area (Å²) in [5, 5.41) is 21.2. The van der Waals surface area contributed by atoms with E-state index in [0.29, 0.717) is 5.82 Å². The molecule has 11 nitrogen and oxygen atoms in total. The predicted molar refractivity (Wildman–Crippen MR) is 125 cm³/mol. The van der Waals surface area contributed by atoms with Crippen molar-refractivity contribution in [1.82, 2.24) is 19.9 Å². The normalized spacial score (nSPS) is 17.3. The van der Waals surface area contributed by atoms with E-state index in [1.807, 2.05) is 31.2 Å². The van der Waals surface area contributed by atoms with Crippen molar-refractivity contribution >= 4 is 23.4 Å². The van der Waals surface area contributed by atoms with Gasteiger partial charge in [0.05, 0.1) is 36.4 Å². The van der Waals surface area contributed by atoms with Gasteiger partial charge in [0.1, 0.15) is 12.7 Å². The Hall–Kier alpha value is -3.83. The van der Waals surface area contributed by atoms with E-state index in [1.165, 1.54) is 12.4 Å². The van der Waals surface area contributed by atoms with Crippen LogP contribution in [0.15, 0.2) is 42.9 Å². The molecular weight excluding hydrogens is 438 g/mol. The lowest BCUT2D eigenvalue weighted by molar-refractivity contribution is 0.0520. The monoisotopic (exact) mass is 463 g/mol. The fraction of sp³-hybridized carbons (Fsp3) is 0.348. The Labute approximate surface area is 196 Å². The average Bonchev–Trinajstić information content (AvgIpc) is 3.27. The number of hydrogen-bond acceptors (Lipinski definition) is 9. The maximum Gasteiger partial charge on any atom is 0.329 e. The number of rotatable bonds is 6. The Bertz CT molecular complexity index is 1190. The summed E-state index contributed by atoms with van der Waals surface area (Å²) in [5.41, 5.74) is 3.45. The van der Waals surface area contributed by atoms with Crippen molar-refractivity contribution in [2.75, 3.05) is 41.4 Å². The molecule has 2 aliphatic heterocycles. The molecule has 0 saturated carbocycles. The van der Waals surface area contributed by atoms with Crippen molar-refractivity contribution in [1.29, 1.82) is 0 Å². The van der Waals surface area contributed by atoms with Gasteiger partial charge in [-0.3, -0.25) is 20.2 Å². The number of carbonyl (C=O) groups is 1. The lowest BCUT2D eigenvalue weighted by Crippen LogP contribution is -2.48. The van der Waals surface area contributed by atoms with Gasteiger partial charge in [0.25, 0.3) is 0 Å². The van der Waals surface area contributed by atoms with Gasteiger partial charge < -0.3 is 19.8 Å². The molecule has 2 bridgehead atoms. The molecule has 176 valence electrons. The summed E-state index contributed by atoms with van der Waals surface area (Å²) >= 11 is 0. The third kappa shape index (κ3) is 4.35. The minimum absolute atomic E-state index is 0.0153. The Kier molecular flexibility index (Phi) is 5.95. The molecule has 1 saturated heterocycles. The molecule has 11 heteroatoms. The molecule has 0 unspecified atom stereocenters. The molecule has 5 rings (SSSR count). The molecule has 34 heavy (non-hydrogen) atoms. The molecule has 0 aliphatic carbocycles. The molecule has 0 spiro atoms. The van der Waals surface area contributed by atoms with Crippen molar-refractivity contribution in [2.45, 2.75) is 25.5 Å². The summed E-state index contributed by atoms with van der Waals surface area (Å²) in [7, 11) is 0. The van der Waals surface area contributed by atoms with Gasteiger partial charge in [0.2, 0.25) is 5.88 Å². The number of fused-ring (bicyclic) bond motifs is 4. The number of carbonyl (C=O) groups excluding carboxylic acids is 1. The van der Waals surface area contributed by atoms with E-state index in [9.17, 15) is 9.90 Å². The van der Waals surface area contributed by atoms with Gasteiger partial charge in [-0.1, -0.05) is 0 Å². The molecule has 3 aromatic heterocycles. The van der Waals surface area contributed by atoms with Crippen molar-refractivity contribution < 1.29 is 19.7 Å². The van der Waals surface area contributed by atoms with Crippen LogP contribution >= 0.6 is 0 Å². The van der Waals surface area contributed by atoms with Crippen molar-refractivity contribution in [2.24, 2.45) is 0 Å². The molecule has 0 aromatic carbocycles. The summed E-state index contributed by atoms with van der Waals surface area (Å²) in [6.07, 6.45) is 4.37. The number of hydrogen-bond donors (Lipinski definition) is 3. The van der Waals surface area contributed by atoms with E-state index in [4.69, 9.17) is 14.8 Å². The molecule has 1 fully saturated rings. The number of aliphatic hydroxyl groups is 2. The predicted octanol–water partition coefficient (Wildman–Crippen LogP) is 1.60. The zero-order valence-corrected chi connectivity index (χ0v) is 18.6. The fourth-order valence-corrected chi connectivity index (χ4v) is 4.13. The van der Waals surface area contributed by atoms with Crippen LogP contribution in [0.5, 0.6) is 5.88 Å². The zero-order chi connectivity index (χ0) is 23.7. The highest BCUT2D eigenvalue weighted by molar-refractivity contribution is 6.04. The van der Waals surface area contributed by atoms with Crippen LogP contribution in [0.2, 0.25) is 0 Å². The third-order valence-corrected chi connectivity index (χ3v) is 5.86. The summed E-state index contributed by atoms with van der Waals surface area (Å²) in [5.74, 6) is 0.932. The second kappa shape index (κ2) is 9.20. The van der Waals surface area contributed by atoms with Gasteiger partial charge in [0, 0.05) is 30.5 Å². The van der Waals surface area contributed by atoms with Crippen molar-refractivity contribution in [3.8, 4) is 17.1 Å². The number of nitrogens with one attached hydrogen (secondary N) is 1. The number of amides is 2. The van der Waals surface area contributed by atoms with Crippen LogP contribution in [0.1, 0.15) is 12.1 Å². The quantitative estimate of drug-likeness (QED) is 0.498. The van der Waals surface area contributed by atoms with Crippen LogP contribution in [-0.4, -0.2) is 74.6 Å². The molecule has 3 aromatic rings. The second-order valence-corrected chi connectivity index (χ2v) is 8.31. The van der Waals surface area contributed by atoms with Gasteiger partial charge in [-0.2, -0.15) is 4.98 Å². The number of ether oxygens (including phenoxy) is 1. The van der Waals surface area contributed by atoms with E-state index in [0.717, 1.165) is 42.1 Å². The zero-order valence-electron chi connectivity index (χ0n) is 18.6. The number of urea groups is 1. The molecule has 0 radical (unpaired) electrons. The van der Waals surface area contributed by atoms with E-state index >= 15 is 0 Å². The highest BCUT2D eigenvalue weighted by Crippen LogP contribution is 2.40. The minimum atomic E-state index is -1.03. The highest BCUT2D eigenvalue weighted by atomic mass is 16.5. The SMILES string of the molecule is Cc1ccc(-c2ccc3c(n2)N(C(=O)Nc2cncc(OC[C@H](O)CO)n2)[C@H]2CCN3C2)cn1. The number of aliphatic hydroxyl groups excluding tert-OH is 2. The Balaban J connectivity index is 1.40. The Morgan fingerprint density at radius 1 is 1.24 bits per heavy atom. The number of aryl methyl sites for hydroxylation is 1. The Morgan fingerprint density at radius 3 is 2.91 bits per heavy atom. The topological polar surface area (TPSA) is 137 Å². The second-order valence-electron chi connectivity index (χ2n) is 8.31. The largest absolute Gasteiger partial charge is 0.474 e. The van der Waals surface area contributed by atoms with Crippen molar-refractivity contribution in [3.05, 3.63) is 48.5 Å². The number of aromatic nitrogens is 4. The smallest absolute Gasteiger partial charge is 0.329 e. The maximum absolute atomic E-state index is 13.4. The molecule has 2 amide bonds. The van der Waals surface area contributed by atoms with Gasteiger partial charge in [-0.25, -0.2) is 9.78 Å². The van der Waals surface area contributed by atoms with Crippen molar-refractivity contribution in [3.63, 3.8) is 0 Å². The van der Waals surface area contributed by atoms with Crippen LogP contribution in [0, 0.1) is 6.92 Å². The lowest BCUT2D eigenvalue weighted by Gasteiger charge is -2.35. The van der Waals surface area contributed by atoms with E-state index < -0.39 is 12.7 Å².